The van der Waals surface area contributed by atoms with E-state index in [0.717, 1.165) is 0 Å². The van der Waals surface area contributed by atoms with Gasteiger partial charge in [-0.1, -0.05) is 0 Å². The van der Waals surface area contributed by atoms with Gasteiger partial charge in [0.25, 0.3) is 0 Å². The zero-order valence-electron chi connectivity index (χ0n) is 13.4. The third-order valence-electron chi connectivity index (χ3n) is 2.90. The third kappa shape index (κ3) is 6.23. The largest absolute Gasteiger partial charge is 0.462 e. The van der Waals surface area contributed by atoms with Gasteiger partial charge >= 0.3 is 23.9 Å². The normalized spacial score (nSPS) is 24.4. The molecule has 9 nitrogen and oxygen atoms in total. The Morgan fingerprint density at radius 3 is 2.04 bits per heavy atom. The van der Waals surface area contributed by atoms with Gasteiger partial charge in [-0.3, -0.25) is 19.2 Å². The third-order valence-corrected chi connectivity index (χ3v) is 2.90. The molecule has 0 N–H and O–H groups in total. The van der Waals surface area contributed by atoms with Gasteiger partial charge in [-0.05, 0) is 0 Å². The molecule has 0 aromatic rings. The van der Waals surface area contributed by atoms with Crippen molar-refractivity contribution in [3.05, 3.63) is 0 Å². The fourth-order valence-corrected chi connectivity index (χ4v) is 2.18. The first-order chi connectivity index (χ1) is 10.7. The summed E-state index contributed by atoms with van der Waals surface area (Å²) in [7, 11) is 0. The van der Waals surface area contributed by atoms with Gasteiger partial charge in [0.1, 0.15) is 12.7 Å². The summed E-state index contributed by atoms with van der Waals surface area (Å²) in [6.07, 6.45) is -3.74. The van der Waals surface area contributed by atoms with E-state index < -0.39 is 48.3 Å². The average Bonchev–Trinajstić information content (AvgIpc) is 2.75. The number of carbonyl (C=O) groups excluding carboxylic acids is 4. The maximum absolute atomic E-state index is 11.3. The van der Waals surface area contributed by atoms with Crippen LogP contribution in [0.3, 0.4) is 0 Å². The molecule has 2 unspecified atom stereocenters. The van der Waals surface area contributed by atoms with Crippen molar-refractivity contribution in [2.75, 3.05) is 13.2 Å². The lowest BCUT2D eigenvalue weighted by Crippen LogP contribution is -2.46. The fraction of sp³-hybridized carbons (Fsp3) is 0.714. The first-order valence-electron chi connectivity index (χ1n) is 6.97. The highest BCUT2D eigenvalue weighted by molar-refractivity contribution is 5.68. The van der Waals surface area contributed by atoms with Crippen LogP contribution in [0.5, 0.6) is 0 Å². The summed E-state index contributed by atoms with van der Waals surface area (Å²) in [5, 5.41) is 0. The van der Waals surface area contributed by atoms with Crippen LogP contribution in [0.15, 0.2) is 0 Å². The van der Waals surface area contributed by atoms with E-state index in [1.807, 2.05) is 0 Å². The summed E-state index contributed by atoms with van der Waals surface area (Å²) in [6, 6.07) is 0. The Bertz CT molecular complexity index is 473. The fourth-order valence-electron chi connectivity index (χ4n) is 2.18. The predicted octanol–water partition coefficient (Wildman–Crippen LogP) is -0.257. The molecule has 1 heterocycles. The van der Waals surface area contributed by atoms with Crippen molar-refractivity contribution in [1.82, 2.24) is 0 Å². The molecule has 0 bridgehead atoms. The first-order valence-corrected chi connectivity index (χ1v) is 6.97. The number of hydrogen-bond donors (Lipinski definition) is 0. The second-order valence-corrected chi connectivity index (χ2v) is 4.97. The van der Waals surface area contributed by atoms with E-state index in [-0.39, 0.29) is 13.2 Å². The summed E-state index contributed by atoms with van der Waals surface area (Å²) in [5.41, 5.74) is 0. The van der Waals surface area contributed by atoms with E-state index in [4.69, 9.17) is 23.7 Å². The Hall–Kier alpha value is -2.16. The quantitative estimate of drug-likeness (QED) is 0.479. The predicted molar refractivity (Wildman–Crippen MR) is 73.0 cm³/mol. The van der Waals surface area contributed by atoms with Gasteiger partial charge in [-0.25, -0.2) is 0 Å². The molecule has 0 spiro atoms. The minimum Gasteiger partial charge on any atom is -0.462 e. The van der Waals surface area contributed by atoms with Gasteiger partial charge in [0.05, 0.1) is 6.61 Å². The summed E-state index contributed by atoms with van der Waals surface area (Å²) >= 11 is 0. The molecule has 23 heavy (non-hydrogen) atoms. The lowest BCUT2D eigenvalue weighted by atomic mass is 10.1. The van der Waals surface area contributed by atoms with Gasteiger partial charge in [-0.2, -0.15) is 0 Å². The van der Waals surface area contributed by atoms with Crippen molar-refractivity contribution in [2.24, 2.45) is 0 Å². The molecule has 0 amide bonds. The number of carbonyl (C=O) groups is 4. The molecule has 1 fully saturated rings. The lowest BCUT2D eigenvalue weighted by molar-refractivity contribution is -0.176. The van der Waals surface area contributed by atoms with Crippen LogP contribution >= 0.6 is 0 Å². The molecule has 1 aliphatic rings. The Labute approximate surface area is 133 Å². The zero-order valence-corrected chi connectivity index (χ0v) is 13.4. The topological polar surface area (TPSA) is 114 Å². The minimum absolute atomic E-state index is 0.0416. The maximum Gasteiger partial charge on any atom is 0.303 e. The molecule has 130 valence electrons. The Balaban J connectivity index is 2.91. The Morgan fingerprint density at radius 1 is 0.957 bits per heavy atom. The van der Waals surface area contributed by atoms with Crippen LogP contribution in [0.25, 0.3) is 0 Å². The number of hydrogen-bond acceptors (Lipinski definition) is 9. The van der Waals surface area contributed by atoms with E-state index in [2.05, 4.69) is 0 Å². The molecular weight excluding hydrogens is 312 g/mol. The van der Waals surface area contributed by atoms with E-state index in [1.54, 1.807) is 0 Å². The molecule has 0 radical (unpaired) electrons. The van der Waals surface area contributed by atoms with Gasteiger partial charge in [0.15, 0.2) is 18.3 Å². The second-order valence-electron chi connectivity index (χ2n) is 4.97. The zero-order chi connectivity index (χ0) is 17.6. The first kappa shape index (κ1) is 18.9. The van der Waals surface area contributed by atoms with Gasteiger partial charge < -0.3 is 23.7 Å². The van der Waals surface area contributed by atoms with Gasteiger partial charge in [-0.15, -0.1) is 0 Å². The number of rotatable bonds is 6. The monoisotopic (exact) mass is 332 g/mol. The van der Waals surface area contributed by atoms with E-state index >= 15 is 0 Å². The SMILES string of the molecule is CC(=O)OCC(OC(C)=O)[C@H]1OC[C@H](OC(C)=O)C1OC(C)=O. The van der Waals surface area contributed by atoms with Crippen molar-refractivity contribution in [3.63, 3.8) is 0 Å². The molecule has 9 heteroatoms. The van der Waals surface area contributed by atoms with Crippen LogP contribution in [0.4, 0.5) is 0 Å². The summed E-state index contributed by atoms with van der Waals surface area (Å²) in [4.78, 5) is 44.6. The maximum atomic E-state index is 11.3. The minimum atomic E-state index is -0.999. The highest BCUT2D eigenvalue weighted by Crippen LogP contribution is 2.25. The van der Waals surface area contributed by atoms with Crippen molar-refractivity contribution in [1.29, 1.82) is 0 Å². The molecule has 0 aromatic heterocycles. The lowest BCUT2D eigenvalue weighted by Gasteiger charge is -2.27. The molecule has 0 aromatic carbocycles. The van der Waals surface area contributed by atoms with Crippen LogP contribution in [-0.4, -0.2) is 61.5 Å². The van der Waals surface area contributed by atoms with Crippen LogP contribution in [0.1, 0.15) is 27.7 Å². The van der Waals surface area contributed by atoms with Crippen LogP contribution in [-0.2, 0) is 42.9 Å². The van der Waals surface area contributed by atoms with Crippen molar-refractivity contribution >= 4 is 23.9 Å². The molecule has 0 aliphatic carbocycles. The van der Waals surface area contributed by atoms with Crippen molar-refractivity contribution in [2.45, 2.75) is 52.1 Å². The average molecular weight is 332 g/mol. The standard InChI is InChI=1S/C14H20O9/c1-7(15)19-5-11(21-8(2)16)13-14(23-10(4)18)12(6-20-13)22-9(3)17/h11-14H,5-6H2,1-4H3/t11?,12-,13+,14?/m0/s1. The Kier molecular flexibility index (Phi) is 6.95. The summed E-state index contributed by atoms with van der Waals surface area (Å²) in [6.45, 7) is 4.46. The highest BCUT2D eigenvalue weighted by Gasteiger charge is 2.47. The van der Waals surface area contributed by atoms with E-state index in [9.17, 15) is 19.2 Å². The van der Waals surface area contributed by atoms with Gasteiger partial charge in [0.2, 0.25) is 0 Å². The van der Waals surface area contributed by atoms with Gasteiger partial charge in [0, 0.05) is 27.7 Å². The van der Waals surface area contributed by atoms with Crippen molar-refractivity contribution < 1.29 is 42.9 Å². The number of esters is 4. The second kappa shape index (κ2) is 8.47. The molecule has 4 atom stereocenters. The molecule has 1 saturated heterocycles. The van der Waals surface area contributed by atoms with Crippen LogP contribution in [0, 0.1) is 0 Å². The molecule has 0 saturated carbocycles. The van der Waals surface area contributed by atoms with Crippen LogP contribution < -0.4 is 0 Å². The molecule has 1 rings (SSSR count). The van der Waals surface area contributed by atoms with Crippen LogP contribution in [0.2, 0.25) is 0 Å². The Morgan fingerprint density at radius 2 is 1.57 bits per heavy atom. The van der Waals surface area contributed by atoms with Crippen molar-refractivity contribution in [3.8, 4) is 0 Å². The van der Waals surface area contributed by atoms with E-state index in [0.29, 0.717) is 0 Å². The molecule has 1 aliphatic heterocycles. The highest BCUT2D eigenvalue weighted by atomic mass is 16.7. The molecular formula is C14H20O9. The smallest absolute Gasteiger partial charge is 0.303 e. The summed E-state index contributed by atoms with van der Waals surface area (Å²) < 4.78 is 25.6. The number of ether oxygens (including phenoxy) is 5. The van der Waals surface area contributed by atoms with E-state index in [1.165, 1.54) is 27.7 Å². The summed E-state index contributed by atoms with van der Waals surface area (Å²) in [5.74, 6) is -2.37.